The molecule has 1 rings (SSSR count). The second kappa shape index (κ2) is 5.47. The number of anilines is 1. The lowest BCUT2D eigenvalue weighted by Gasteiger charge is -2.16. The minimum absolute atomic E-state index is 0.126. The first-order chi connectivity index (χ1) is 8.25. The van der Waals surface area contributed by atoms with Crippen molar-refractivity contribution in [3.63, 3.8) is 0 Å². The van der Waals surface area contributed by atoms with Crippen molar-refractivity contribution in [3.8, 4) is 0 Å². The Morgan fingerprint density at radius 3 is 2.61 bits per heavy atom. The Morgan fingerprint density at radius 1 is 1.50 bits per heavy atom. The number of nitrogens with two attached hydrogens (primary N) is 1. The number of halogens is 4. The van der Waals surface area contributed by atoms with Gasteiger partial charge >= 0.3 is 6.18 Å². The van der Waals surface area contributed by atoms with E-state index >= 15 is 0 Å². The van der Waals surface area contributed by atoms with Crippen molar-refractivity contribution in [1.29, 1.82) is 0 Å². The topological polar surface area (TPSA) is 70.6 Å². The summed E-state index contributed by atoms with van der Waals surface area (Å²) in [6.07, 6.45) is -4.42. The summed E-state index contributed by atoms with van der Waals surface area (Å²) < 4.78 is 38.0. The van der Waals surface area contributed by atoms with Crippen molar-refractivity contribution in [2.45, 2.75) is 19.1 Å². The molecule has 0 heterocycles. The Balaban J connectivity index is 3.02. The average molecular weight is 326 g/mol. The van der Waals surface area contributed by atoms with E-state index in [4.69, 9.17) is 10.9 Å². The van der Waals surface area contributed by atoms with Gasteiger partial charge in [-0.1, -0.05) is 5.16 Å². The van der Waals surface area contributed by atoms with Crippen molar-refractivity contribution >= 4 is 27.5 Å². The number of amidine groups is 1. The number of nitrogens with one attached hydrogen (secondary N) is 1. The molecule has 0 spiro atoms. The smallest absolute Gasteiger partial charge is 0.409 e. The summed E-state index contributed by atoms with van der Waals surface area (Å²) in [5.41, 5.74) is 4.77. The molecule has 1 aromatic rings. The second-order valence-electron chi connectivity index (χ2n) is 3.58. The Labute approximate surface area is 110 Å². The van der Waals surface area contributed by atoms with Crippen LogP contribution in [0.25, 0.3) is 0 Å². The van der Waals surface area contributed by atoms with E-state index in [9.17, 15) is 13.2 Å². The lowest BCUT2D eigenvalue weighted by Crippen LogP contribution is -2.33. The zero-order valence-corrected chi connectivity index (χ0v) is 10.9. The van der Waals surface area contributed by atoms with Crippen molar-refractivity contribution < 1.29 is 18.4 Å². The molecule has 0 saturated heterocycles. The highest BCUT2D eigenvalue weighted by Gasteiger charge is 2.31. The fraction of sp³-hybridized carbons (Fsp3) is 0.300. The third-order valence-corrected chi connectivity index (χ3v) is 2.92. The molecule has 0 radical (unpaired) electrons. The molecule has 4 N–H and O–H groups in total. The highest BCUT2D eigenvalue weighted by Crippen LogP contribution is 2.34. The van der Waals surface area contributed by atoms with Crippen LogP contribution >= 0.6 is 15.9 Å². The van der Waals surface area contributed by atoms with Gasteiger partial charge in [0.25, 0.3) is 0 Å². The first kappa shape index (κ1) is 14.6. The monoisotopic (exact) mass is 325 g/mol. The number of hydrogen-bond donors (Lipinski definition) is 3. The summed E-state index contributed by atoms with van der Waals surface area (Å²) in [6.45, 7) is 1.56. The van der Waals surface area contributed by atoms with E-state index in [0.717, 1.165) is 12.1 Å². The van der Waals surface area contributed by atoms with E-state index in [1.54, 1.807) is 6.92 Å². The molecule has 8 heteroatoms. The van der Waals surface area contributed by atoms with Crippen molar-refractivity contribution in [1.82, 2.24) is 0 Å². The summed E-state index contributed by atoms with van der Waals surface area (Å²) in [5, 5.41) is 14.0. The predicted octanol–water partition coefficient (Wildman–Crippen LogP) is 3.01. The van der Waals surface area contributed by atoms with Gasteiger partial charge in [0.05, 0.1) is 11.6 Å². The lowest BCUT2D eigenvalue weighted by molar-refractivity contribution is -0.137. The van der Waals surface area contributed by atoms with Crippen molar-refractivity contribution in [3.05, 3.63) is 28.2 Å². The third kappa shape index (κ3) is 3.52. The average Bonchev–Trinajstić information content (AvgIpc) is 2.29. The maximum atomic E-state index is 12.5. The van der Waals surface area contributed by atoms with Crippen LogP contribution in [-0.4, -0.2) is 17.1 Å². The lowest BCUT2D eigenvalue weighted by atomic mass is 10.2. The van der Waals surface area contributed by atoms with Crippen LogP contribution < -0.4 is 11.1 Å². The molecule has 100 valence electrons. The Bertz CT molecular complexity index is 462. The van der Waals surface area contributed by atoms with Crippen LogP contribution in [0.15, 0.2) is 27.8 Å². The van der Waals surface area contributed by atoms with Gasteiger partial charge in [0.15, 0.2) is 5.84 Å². The van der Waals surface area contributed by atoms with Crippen LogP contribution in [0.3, 0.4) is 0 Å². The molecule has 1 aromatic carbocycles. The highest BCUT2D eigenvalue weighted by molar-refractivity contribution is 9.10. The Morgan fingerprint density at radius 2 is 2.11 bits per heavy atom. The molecule has 0 amide bonds. The quantitative estimate of drug-likeness (QED) is 0.346. The van der Waals surface area contributed by atoms with Crippen LogP contribution in [0.5, 0.6) is 0 Å². The van der Waals surface area contributed by atoms with Gasteiger partial charge in [-0.15, -0.1) is 0 Å². The van der Waals surface area contributed by atoms with Gasteiger partial charge in [-0.2, -0.15) is 13.2 Å². The van der Waals surface area contributed by atoms with E-state index in [0.29, 0.717) is 4.47 Å². The molecule has 1 atom stereocenters. The van der Waals surface area contributed by atoms with Crippen LogP contribution in [0, 0.1) is 0 Å². The summed E-state index contributed by atoms with van der Waals surface area (Å²) >= 11 is 3.12. The van der Waals surface area contributed by atoms with Gasteiger partial charge in [0, 0.05) is 10.2 Å². The van der Waals surface area contributed by atoms with E-state index in [-0.39, 0.29) is 11.5 Å². The standard InChI is InChI=1S/C10H11BrF3N3O/c1-5(9(15)17-18)16-8-4-6(10(12,13)14)2-3-7(8)11/h2-5,16,18H,1H3,(H2,15,17). The number of oxime groups is 1. The van der Waals surface area contributed by atoms with Crippen LogP contribution in [0.1, 0.15) is 12.5 Å². The zero-order valence-electron chi connectivity index (χ0n) is 9.29. The first-order valence-corrected chi connectivity index (χ1v) is 5.65. The maximum absolute atomic E-state index is 12.5. The largest absolute Gasteiger partial charge is 0.416 e. The SMILES string of the molecule is CC(Nc1cc(C(F)(F)F)ccc1Br)/C(N)=N/O. The number of alkyl halides is 3. The molecule has 0 aliphatic carbocycles. The van der Waals surface area contributed by atoms with E-state index in [2.05, 4.69) is 26.4 Å². The van der Waals surface area contributed by atoms with Gasteiger partial charge in [0.1, 0.15) is 0 Å². The molecular formula is C10H11BrF3N3O. The summed E-state index contributed by atoms with van der Waals surface area (Å²) in [4.78, 5) is 0. The molecule has 1 unspecified atom stereocenters. The fourth-order valence-electron chi connectivity index (χ4n) is 1.21. The fourth-order valence-corrected chi connectivity index (χ4v) is 1.57. The van der Waals surface area contributed by atoms with Gasteiger partial charge in [-0.25, -0.2) is 0 Å². The van der Waals surface area contributed by atoms with Gasteiger partial charge < -0.3 is 16.3 Å². The normalized spacial score (nSPS) is 14.4. The molecule has 18 heavy (non-hydrogen) atoms. The molecule has 0 bridgehead atoms. The van der Waals surface area contributed by atoms with E-state index in [1.807, 2.05) is 0 Å². The third-order valence-electron chi connectivity index (χ3n) is 2.22. The summed E-state index contributed by atoms with van der Waals surface area (Å²) in [6, 6.07) is 2.59. The minimum Gasteiger partial charge on any atom is -0.409 e. The maximum Gasteiger partial charge on any atom is 0.416 e. The van der Waals surface area contributed by atoms with Crippen LogP contribution in [0.4, 0.5) is 18.9 Å². The Hall–Kier alpha value is -1.44. The van der Waals surface area contributed by atoms with Crippen LogP contribution in [-0.2, 0) is 6.18 Å². The summed E-state index contributed by atoms with van der Waals surface area (Å²) in [5.74, 6) is -0.126. The number of rotatable bonds is 3. The molecular weight excluding hydrogens is 315 g/mol. The Kier molecular flexibility index (Phi) is 4.44. The van der Waals surface area contributed by atoms with E-state index < -0.39 is 17.8 Å². The zero-order chi connectivity index (χ0) is 13.9. The van der Waals surface area contributed by atoms with Gasteiger partial charge in [0.2, 0.25) is 0 Å². The molecule has 0 fully saturated rings. The van der Waals surface area contributed by atoms with Gasteiger partial charge in [-0.05, 0) is 41.1 Å². The van der Waals surface area contributed by atoms with E-state index in [1.165, 1.54) is 6.07 Å². The number of benzene rings is 1. The highest BCUT2D eigenvalue weighted by atomic mass is 79.9. The minimum atomic E-state index is -4.42. The molecule has 4 nitrogen and oxygen atoms in total. The summed E-state index contributed by atoms with van der Waals surface area (Å²) in [7, 11) is 0. The van der Waals surface area contributed by atoms with Crippen molar-refractivity contribution in [2.24, 2.45) is 10.9 Å². The number of nitrogens with zero attached hydrogens (tertiary/aromatic N) is 1. The first-order valence-electron chi connectivity index (χ1n) is 4.86. The molecule has 0 aromatic heterocycles. The van der Waals surface area contributed by atoms with Crippen molar-refractivity contribution in [2.75, 3.05) is 5.32 Å². The molecule has 0 saturated carbocycles. The molecule has 0 aliphatic heterocycles. The van der Waals surface area contributed by atoms with Crippen LogP contribution in [0.2, 0.25) is 0 Å². The second-order valence-corrected chi connectivity index (χ2v) is 4.44. The van der Waals surface area contributed by atoms with Gasteiger partial charge in [-0.3, -0.25) is 0 Å². The predicted molar refractivity (Wildman–Crippen MR) is 65.6 cm³/mol. The molecule has 0 aliphatic rings. The number of hydrogen-bond acceptors (Lipinski definition) is 3.